The number of aromatic nitrogens is 1. The highest BCUT2D eigenvalue weighted by molar-refractivity contribution is 6.00. The first-order chi connectivity index (χ1) is 10.1. The van der Waals surface area contributed by atoms with Gasteiger partial charge in [-0.05, 0) is 30.2 Å². The summed E-state index contributed by atoms with van der Waals surface area (Å²) in [7, 11) is 1.77. The summed E-state index contributed by atoms with van der Waals surface area (Å²) in [6.07, 6.45) is 5.46. The number of anilines is 1. The van der Waals surface area contributed by atoms with Crippen molar-refractivity contribution in [2.45, 2.75) is 13.5 Å². The summed E-state index contributed by atoms with van der Waals surface area (Å²) in [6, 6.07) is 1.71. The van der Waals surface area contributed by atoms with Crippen LogP contribution >= 0.6 is 0 Å². The molecule has 1 amide bonds. The van der Waals surface area contributed by atoms with Crippen molar-refractivity contribution >= 4 is 17.9 Å². The molecule has 1 aromatic heterocycles. The molecule has 2 rings (SSSR count). The Labute approximate surface area is 123 Å². The molecular weight excluding hydrogens is 268 g/mol. The summed E-state index contributed by atoms with van der Waals surface area (Å²) in [5.41, 5.74) is 2.81. The number of nitrogens with one attached hydrogen (secondary N) is 2. The van der Waals surface area contributed by atoms with Gasteiger partial charge in [0.25, 0.3) is 5.91 Å². The van der Waals surface area contributed by atoms with Gasteiger partial charge in [-0.2, -0.15) is 0 Å². The number of carbonyl (C=O) groups excluding carboxylic acids is 1. The summed E-state index contributed by atoms with van der Waals surface area (Å²) in [5, 5.41) is 19.3. The standard InChI is InChI=1S/C15H18N4O2/c1-10(9-20)5-11(6-16)7-19-8-13-12(15(19)21)3-4-18-14(13)17-2/h3-6,9,16,20H,7-8H2,1-2H3,(H,17,18)/b10-9+,11-5+,16-6?. The Morgan fingerprint density at radius 2 is 2.38 bits per heavy atom. The minimum atomic E-state index is -0.0673. The average molecular weight is 286 g/mol. The van der Waals surface area contributed by atoms with Crippen molar-refractivity contribution in [2.75, 3.05) is 18.9 Å². The van der Waals surface area contributed by atoms with Crippen molar-refractivity contribution in [2.24, 2.45) is 0 Å². The lowest BCUT2D eigenvalue weighted by Crippen LogP contribution is -2.26. The molecule has 0 fully saturated rings. The van der Waals surface area contributed by atoms with Crippen LogP contribution in [0.15, 0.2) is 35.7 Å². The smallest absolute Gasteiger partial charge is 0.255 e. The van der Waals surface area contributed by atoms with Crippen LogP contribution in [-0.2, 0) is 6.54 Å². The second-order valence-corrected chi connectivity index (χ2v) is 4.83. The molecule has 0 saturated heterocycles. The predicted octanol–water partition coefficient (Wildman–Crippen LogP) is 2.12. The summed E-state index contributed by atoms with van der Waals surface area (Å²) in [4.78, 5) is 18.2. The molecule has 3 N–H and O–H groups in total. The Hall–Kier alpha value is -2.63. The monoisotopic (exact) mass is 286 g/mol. The van der Waals surface area contributed by atoms with E-state index in [0.29, 0.717) is 35.6 Å². The molecular formula is C15H18N4O2. The quantitative estimate of drug-likeness (QED) is 0.439. The molecule has 0 spiro atoms. The molecule has 0 bridgehead atoms. The number of nitrogens with zero attached hydrogens (tertiary/aromatic N) is 2. The van der Waals surface area contributed by atoms with E-state index in [2.05, 4.69) is 10.3 Å². The fourth-order valence-corrected chi connectivity index (χ4v) is 2.31. The SMILES string of the molecule is CNc1nccc2c1CN(C/C(C=N)=C/C(C)=C/O)C2=O. The van der Waals surface area contributed by atoms with Gasteiger partial charge in [0, 0.05) is 37.1 Å². The van der Waals surface area contributed by atoms with E-state index in [1.165, 1.54) is 6.21 Å². The van der Waals surface area contributed by atoms with Gasteiger partial charge in [0.2, 0.25) is 0 Å². The van der Waals surface area contributed by atoms with Crippen molar-refractivity contribution in [3.8, 4) is 0 Å². The molecule has 0 saturated carbocycles. The first-order valence-electron chi connectivity index (χ1n) is 6.57. The number of amides is 1. The molecule has 6 heteroatoms. The number of aliphatic hydroxyl groups excluding tert-OH is 1. The first-order valence-corrected chi connectivity index (χ1v) is 6.57. The normalized spacial score (nSPS) is 15.1. The fourth-order valence-electron chi connectivity index (χ4n) is 2.31. The molecule has 1 aliphatic heterocycles. The summed E-state index contributed by atoms with van der Waals surface area (Å²) in [6.45, 7) is 2.52. The molecule has 0 atom stereocenters. The number of carbonyl (C=O) groups is 1. The molecule has 0 aromatic carbocycles. The molecule has 21 heavy (non-hydrogen) atoms. The van der Waals surface area contributed by atoms with E-state index < -0.39 is 0 Å². The van der Waals surface area contributed by atoms with E-state index in [1.54, 1.807) is 37.2 Å². The van der Waals surface area contributed by atoms with E-state index in [0.717, 1.165) is 11.8 Å². The maximum Gasteiger partial charge on any atom is 0.255 e. The van der Waals surface area contributed by atoms with E-state index in [-0.39, 0.29) is 5.91 Å². The Balaban J connectivity index is 2.24. The number of fused-ring (bicyclic) bond motifs is 1. The number of rotatable bonds is 5. The van der Waals surface area contributed by atoms with Gasteiger partial charge >= 0.3 is 0 Å². The number of hydrogen-bond donors (Lipinski definition) is 3. The van der Waals surface area contributed by atoms with Crippen molar-refractivity contribution in [3.63, 3.8) is 0 Å². The lowest BCUT2D eigenvalue weighted by molar-refractivity contribution is 0.0794. The van der Waals surface area contributed by atoms with Crippen molar-refractivity contribution < 1.29 is 9.90 Å². The van der Waals surface area contributed by atoms with E-state index in [4.69, 9.17) is 10.5 Å². The van der Waals surface area contributed by atoms with Crippen LogP contribution in [0.2, 0.25) is 0 Å². The van der Waals surface area contributed by atoms with Crippen LogP contribution in [0.3, 0.4) is 0 Å². The zero-order valence-corrected chi connectivity index (χ0v) is 12.1. The summed E-state index contributed by atoms with van der Waals surface area (Å²) >= 11 is 0. The number of pyridine rings is 1. The second-order valence-electron chi connectivity index (χ2n) is 4.83. The number of aliphatic hydroxyl groups is 1. The molecule has 6 nitrogen and oxygen atoms in total. The van der Waals surface area contributed by atoms with Crippen LogP contribution in [-0.4, -0.2) is 40.7 Å². The third-order valence-electron chi connectivity index (χ3n) is 3.33. The second kappa shape index (κ2) is 6.21. The molecule has 110 valence electrons. The Bertz CT molecular complexity index is 635. The Morgan fingerprint density at radius 1 is 1.62 bits per heavy atom. The van der Waals surface area contributed by atoms with Crippen LogP contribution < -0.4 is 5.32 Å². The lowest BCUT2D eigenvalue weighted by Gasteiger charge is -2.16. The molecule has 0 unspecified atom stereocenters. The van der Waals surface area contributed by atoms with Gasteiger partial charge < -0.3 is 20.7 Å². The number of hydrogen-bond acceptors (Lipinski definition) is 5. The average Bonchev–Trinajstić information content (AvgIpc) is 2.82. The maximum atomic E-state index is 12.4. The zero-order valence-electron chi connectivity index (χ0n) is 12.1. The highest BCUT2D eigenvalue weighted by Crippen LogP contribution is 2.27. The first kappa shape index (κ1) is 14.8. The highest BCUT2D eigenvalue weighted by Gasteiger charge is 2.29. The number of allylic oxidation sites excluding steroid dienone is 2. The minimum absolute atomic E-state index is 0.0673. The van der Waals surface area contributed by atoms with Gasteiger partial charge in [0.05, 0.1) is 12.8 Å². The van der Waals surface area contributed by atoms with Gasteiger partial charge in [-0.25, -0.2) is 4.98 Å². The summed E-state index contributed by atoms with van der Waals surface area (Å²) in [5.74, 6) is 0.637. The van der Waals surface area contributed by atoms with Crippen molar-refractivity contribution in [3.05, 3.63) is 46.9 Å². The lowest BCUT2D eigenvalue weighted by atomic mass is 10.1. The van der Waals surface area contributed by atoms with Crippen LogP contribution in [0.4, 0.5) is 5.82 Å². The largest absolute Gasteiger partial charge is 0.515 e. The molecule has 1 aliphatic rings. The van der Waals surface area contributed by atoms with Gasteiger partial charge in [-0.3, -0.25) is 4.79 Å². The maximum absolute atomic E-state index is 12.4. The molecule has 0 aliphatic carbocycles. The highest BCUT2D eigenvalue weighted by atomic mass is 16.2. The third-order valence-corrected chi connectivity index (χ3v) is 3.33. The molecule has 2 heterocycles. The van der Waals surface area contributed by atoms with Gasteiger partial charge in [0.15, 0.2) is 0 Å². The van der Waals surface area contributed by atoms with Crippen LogP contribution in [0.25, 0.3) is 0 Å². The van der Waals surface area contributed by atoms with E-state index in [1.807, 2.05) is 0 Å². The van der Waals surface area contributed by atoms with Crippen LogP contribution in [0.5, 0.6) is 0 Å². The minimum Gasteiger partial charge on any atom is -0.515 e. The van der Waals surface area contributed by atoms with Crippen LogP contribution in [0.1, 0.15) is 22.8 Å². The fraction of sp³-hybridized carbons (Fsp3) is 0.267. The van der Waals surface area contributed by atoms with E-state index >= 15 is 0 Å². The topological polar surface area (TPSA) is 89.3 Å². The molecule has 1 aromatic rings. The third kappa shape index (κ3) is 2.94. The van der Waals surface area contributed by atoms with E-state index in [9.17, 15) is 4.79 Å². The molecule has 0 radical (unpaired) electrons. The van der Waals surface area contributed by atoms with Gasteiger partial charge in [-0.15, -0.1) is 0 Å². The van der Waals surface area contributed by atoms with Gasteiger partial charge in [0.1, 0.15) is 5.82 Å². The van der Waals surface area contributed by atoms with Crippen LogP contribution in [0, 0.1) is 5.41 Å². The van der Waals surface area contributed by atoms with Crippen molar-refractivity contribution in [1.82, 2.24) is 9.88 Å². The predicted molar refractivity (Wildman–Crippen MR) is 81.8 cm³/mol. The zero-order chi connectivity index (χ0) is 15.4. The Morgan fingerprint density at radius 3 is 3.00 bits per heavy atom. The van der Waals surface area contributed by atoms with Gasteiger partial charge in [-0.1, -0.05) is 0 Å². The summed E-state index contributed by atoms with van der Waals surface area (Å²) < 4.78 is 0. The Kier molecular flexibility index (Phi) is 4.37. The van der Waals surface area contributed by atoms with Crippen molar-refractivity contribution in [1.29, 1.82) is 5.41 Å².